The molecule has 1 heterocycles. The van der Waals surface area contributed by atoms with Gasteiger partial charge in [-0.25, -0.2) is 4.98 Å². The Balaban J connectivity index is 2.81. The molecule has 2 aromatic rings. The van der Waals surface area contributed by atoms with E-state index < -0.39 is 0 Å². The highest BCUT2D eigenvalue weighted by molar-refractivity contribution is 6.32. The molecule has 0 unspecified atom stereocenters. The van der Waals surface area contributed by atoms with E-state index in [-0.39, 0.29) is 5.41 Å². The summed E-state index contributed by atoms with van der Waals surface area (Å²) in [6, 6.07) is 6.18. The molecule has 0 aliphatic heterocycles. The van der Waals surface area contributed by atoms with Crippen molar-refractivity contribution in [2.75, 3.05) is 12.4 Å². The van der Waals surface area contributed by atoms with Crippen LogP contribution in [-0.2, 0) is 5.41 Å². The van der Waals surface area contributed by atoms with Gasteiger partial charge in [0.1, 0.15) is 5.82 Å². The van der Waals surface area contributed by atoms with E-state index in [1.54, 1.807) is 0 Å². The first-order chi connectivity index (χ1) is 8.34. The lowest BCUT2D eigenvalue weighted by atomic mass is 9.86. The highest BCUT2D eigenvalue weighted by Gasteiger charge is 2.20. The van der Waals surface area contributed by atoms with Crippen LogP contribution in [0.4, 0.5) is 5.82 Å². The van der Waals surface area contributed by atoms with Crippen LogP contribution in [0.1, 0.15) is 31.9 Å². The van der Waals surface area contributed by atoms with Gasteiger partial charge in [0.05, 0.1) is 5.52 Å². The summed E-state index contributed by atoms with van der Waals surface area (Å²) in [6.07, 6.45) is 0. The van der Waals surface area contributed by atoms with Crippen LogP contribution in [0, 0.1) is 6.92 Å². The zero-order valence-corrected chi connectivity index (χ0v) is 12.3. The maximum absolute atomic E-state index is 6.15. The lowest BCUT2D eigenvalue weighted by Gasteiger charge is -2.23. The number of anilines is 1. The zero-order chi connectivity index (χ0) is 13.5. The molecule has 0 saturated carbocycles. The predicted octanol–water partition coefficient (Wildman–Crippen LogP) is 4.54. The van der Waals surface area contributed by atoms with Gasteiger partial charge in [0.2, 0.25) is 0 Å². The lowest BCUT2D eigenvalue weighted by Crippen LogP contribution is -2.15. The Bertz CT molecular complexity index is 597. The van der Waals surface area contributed by atoms with Gasteiger partial charge in [0.15, 0.2) is 0 Å². The molecule has 0 amide bonds. The van der Waals surface area contributed by atoms with Gasteiger partial charge < -0.3 is 5.32 Å². The third-order valence-electron chi connectivity index (χ3n) is 3.22. The minimum atomic E-state index is 0.0626. The van der Waals surface area contributed by atoms with E-state index in [9.17, 15) is 0 Å². The molecule has 0 saturated heterocycles. The van der Waals surface area contributed by atoms with Crippen molar-refractivity contribution in [2.24, 2.45) is 0 Å². The van der Waals surface area contributed by atoms with Gasteiger partial charge in [-0.15, -0.1) is 0 Å². The molecule has 0 aliphatic carbocycles. The average Bonchev–Trinajstić information content (AvgIpc) is 2.31. The van der Waals surface area contributed by atoms with Crippen LogP contribution in [0.25, 0.3) is 10.9 Å². The number of halogens is 1. The van der Waals surface area contributed by atoms with Crippen LogP contribution in [0.5, 0.6) is 0 Å². The van der Waals surface area contributed by atoms with E-state index in [0.29, 0.717) is 0 Å². The Morgan fingerprint density at radius 3 is 2.44 bits per heavy atom. The molecule has 1 aromatic heterocycles. The van der Waals surface area contributed by atoms with Crippen molar-refractivity contribution in [1.29, 1.82) is 0 Å². The van der Waals surface area contributed by atoms with Crippen molar-refractivity contribution in [3.05, 3.63) is 34.3 Å². The molecule has 0 radical (unpaired) electrons. The second kappa shape index (κ2) is 4.43. The number of nitrogens with one attached hydrogen (secondary N) is 1. The number of fused-ring (bicyclic) bond motifs is 1. The molecule has 0 aliphatic rings. The van der Waals surface area contributed by atoms with E-state index in [1.165, 1.54) is 5.56 Å². The van der Waals surface area contributed by atoms with E-state index in [1.807, 2.05) is 26.1 Å². The summed E-state index contributed by atoms with van der Waals surface area (Å²) in [5.74, 6) is 0.931. The quantitative estimate of drug-likeness (QED) is 0.816. The number of aryl methyl sites for hydroxylation is 1. The number of pyridine rings is 1. The van der Waals surface area contributed by atoms with Gasteiger partial charge in [-0.3, -0.25) is 0 Å². The summed E-state index contributed by atoms with van der Waals surface area (Å²) in [6.45, 7) is 8.59. The van der Waals surface area contributed by atoms with Crippen LogP contribution in [0.2, 0.25) is 5.02 Å². The monoisotopic (exact) mass is 262 g/mol. The molecule has 0 fully saturated rings. The summed E-state index contributed by atoms with van der Waals surface area (Å²) in [4.78, 5) is 4.72. The average molecular weight is 263 g/mol. The third kappa shape index (κ3) is 2.17. The first-order valence-electron chi connectivity index (χ1n) is 6.12. The Morgan fingerprint density at radius 1 is 1.22 bits per heavy atom. The molecule has 0 spiro atoms. The minimum absolute atomic E-state index is 0.0626. The van der Waals surface area contributed by atoms with Crippen molar-refractivity contribution in [1.82, 2.24) is 4.98 Å². The van der Waals surface area contributed by atoms with E-state index >= 15 is 0 Å². The van der Waals surface area contributed by atoms with Gasteiger partial charge in [0.25, 0.3) is 0 Å². The normalized spacial score (nSPS) is 11.9. The van der Waals surface area contributed by atoms with Crippen molar-refractivity contribution in [2.45, 2.75) is 33.1 Å². The van der Waals surface area contributed by atoms with Crippen LogP contribution in [0.3, 0.4) is 0 Å². The second-order valence-corrected chi connectivity index (χ2v) is 6.04. The predicted molar refractivity (Wildman–Crippen MR) is 79.7 cm³/mol. The number of rotatable bonds is 1. The van der Waals surface area contributed by atoms with Crippen molar-refractivity contribution < 1.29 is 0 Å². The molecule has 1 N–H and O–H groups in total. The number of benzene rings is 1. The van der Waals surface area contributed by atoms with Crippen LogP contribution >= 0.6 is 11.6 Å². The summed E-state index contributed by atoms with van der Waals surface area (Å²) >= 11 is 6.15. The summed E-state index contributed by atoms with van der Waals surface area (Å²) in [5.41, 5.74) is 3.29. The number of aromatic nitrogens is 1. The smallest absolute Gasteiger partial charge is 0.130 e. The van der Waals surface area contributed by atoms with Crippen molar-refractivity contribution in [3.8, 4) is 0 Å². The van der Waals surface area contributed by atoms with Gasteiger partial charge in [0, 0.05) is 23.0 Å². The Hall–Kier alpha value is -1.28. The molecule has 0 atom stereocenters. The van der Waals surface area contributed by atoms with Crippen LogP contribution < -0.4 is 5.32 Å². The Morgan fingerprint density at radius 2 is 1.89 bits per heavy atom. The SMILES string of the molecule is CNc1nc2c(C)c(Cl)ccc2cc1C(C)(C)C. The van der Waals surface area contributed by atoms with Gasteiger partial charge in [-0.2, -0.15) is 0 Å². The Labute approximate surface area is 113 Å². The highest BCUT2D eigenvalue weighted by Crippen LogP contribution is 2.33. The largest absolute Gasteiger partial charge is 0.373 e. The lowest BCUT2D eigenvalue weighted by molar-refractivity contribution is 0.591. The fourth-order valence-electron chi connectivity index (χ4n) is 2.12. The highest BCUT2D eigenvalue weighted by atomic mass is 35.5. The molecule has 0 bridgehead atoms. The summed E-state index contributed by atoms with van der Waals surface area (Å²) in [5, 5.41) is 5.09. The van der Waals surface area contributed by atoms with Gasteiger partial charge in [-0.05, 0) is 30.0 Å². The third-order valence-corrected chi connectivity index (χ3v) is 3.63. The van der Waals surface area contributed by atoms with Crippen molar-refractivity contribution in [3.63, 3.8) is 0 Å². The summed E-state index contributed by atoms with van der Waals surface area (Å²) < 4.78 is 0. The molecule has 96 valence electrons. The molecule has 2 nitrogen and oxygen atoms in total. The standard InChI is InChI=1S/C15H19ClN2/c1-9-12(16)7-6-10-8-11(15(2,3)4)14(17-5)18-13(9)10/h6-8H,1-5H3,(H,17,18). The van der Waals surface area contributed by atoms with E-state index in [4.69, 9.17) is 16.6 Å². The number of nitrogens with zero attached hydrogens (tertiary/aromatic N) is 1. The van der Waals surface area contributed by atoms with Crippen LogP contribution in [0.15, 0.2) is 18.2 Å². The summed E-state index contributed by atoms with van der Waals surface area (Å²) in [7, 11) is 1.91. The maximum Gasteiger partial charge on any atom is 0.130 e. The first kappa shape index (κ1) is 13.2. The van der Waals surface area contributed by atoms with E-state index in [0.717, 1.165) is 27.3 Å². The zero-order valence-electron chi connectivity index (χ0n) is 11.6. The van der Waals surface area contributed by atoms with Crippen LogP contribution in [-0.4, -0.2) is 12.0 Å². The maximum atomic E-state index is 6.15. The molecule has 1 aromatic carbocycles. The topological polar surface area (TPSA) is 24.9 Å². The van der Waals surface area contributed by atoms with Crippen molar-refractivity contribution >= 4 is 28.3 Å². The minimum Gasteiger partial charge on any atom is -0.373 e. The molecular weight excluding hydrogens is 244 g/mol. The number of hydrogen-bond acceptors (Lipinski definition) is 2. The molecule has 2 rings (SSSR count). The van der Waals surface area contributed by atoms with E-state index in [2.05, 4.69) is 32.2 Å². The fourth-order valence-corrected chi connectivity index (χ4v) is 2.27. The Kier molecular flexibility index (Phi) is 3.24. The van der Waals surface area contributed by atoms with Gasteiger partial charge in [-0.1, -0.05) is 38.4 Å². The number of hydrogen-bond donors (Lipinski definition) is 1. The molecule has 3 heteroatoms. The molecule has 18 heavy (non-hydrogen) atoms. The second-order valence-electron chi connectivity index (χ2n) is 5.63. The first-order valence-corrected chi connectivity index (χ1v) is 6.50. The molecular formula is C15H19ClN2. The van der Waals surface area contributed by atoms with Gasteiger partial charge >= 0.3 is 0 Å². The fraction of sp³-hybridized carbons (Fsp3) is 0.400.